The van der Waals surface area contributed by atoms with Crippen LogP contribution in [0.25, 0.3) is 10.9 Å². The van der Waals surface area contributed by atoms with E-state index < -0.39 is 46.1 Å². The number of carbonyl (C=O) groups excluding carboxylic acids is 2. The van der Waals surface area contributed by atoms with Gasteiger partial charge in [0.25, 0.3) is 10.0 Å². The summed E-state index contributed by atoms with van der Waals surface area (Å²) in [4.78, 5) is 25.5. The van der Waals surface area contributed by atoms with Crippen molar-refractivity contribution in [3.05, 3.63) is 77.0 Å². The quantitative estimate of drug-likeness (QED) is 0.215. The zero-order valence-corrected chi connectivity index (χ0v) is 27.9. The summed E-state index contributed by atoms with van der Waals surface area (Å²) in [6.07, 6.45) is 4.91. The maximum Gasteiger partial charge on any atom is 0.407 e. The van der Waals surface area contributed by atoms with Crippen LogP contribution in [0.15, 0.2) is 59.6 Å². The van der Waals surface area contributed by atoms with E-state index in [0.29, 0.717) is 40.6 Å². The SMILES string of the molecule is COC(=O)/C=C/[C@H](O[C@@H]1CCCCO1)[C@H](Cc1cn(S(=O)(=O)c2c(C)cc(C)cc2C)c2ccccc12)NC(=O)OC(C)(C)C. The molecular formula is C34H44N2O8S. The third kappa shape index (κ3) is 8.53. The van der Waals surface area contributed by atoms with Crippen LogP contribution in [-0.4, -0.2) is 62.2 Å². The average molecular weight is 641 g/mol. The van der Waals surface area contributed by atoms with Crippen LogP contribution in [0.4, 0.5) is 4.79 Å². The van der Waals surface area contributed by atoms with Crippen molar-refractivity contribution in [1.82, 2.24) is 9.29 Å². The Hall–Kier alpha value is -3.67. The van der Waals surface area contributed by atoms with Gasteiger partial charge in [0.1, 0.15) is 5.60 Å². The van der Waals surface area contributed by atoms with Gasteiger partial charge in [-0.05, 0) is 96.1 Å². The van der Waals surface area contributed by atoms with Gasteiger partial charge in [-0.2, -0.15) is 0 Å². The third-order valence-electron chi connectivity index (χ3n) is 7.49. The number of hydrogen-bond acceptors (Lipinski definition) is 8. The van der Waals surface area contributed by atoms with Crippen LogP contribution in [0, 0.1) is 20.8 Å². The zero-order valence-electron chi connectivity index (χ0n) is 27.1. The first kappa shape index (κ1) is 34.2. The normalized spacial score (nSPS) is 17.3. The van der Waals surface area contributed by atoms with Gasteiger partial charge in [0.15, 0.2) is 6.29 Å². The maximum absolute atomic E-state index is 14.2. The van der Waals surface area contributed by atoms with Gasteiger partial charge in [0.05, 0.1) is 29.7 Å². The molecule has 3 aromatic rings. The minimum atomic E-state index is -4.00. The van der Waals surface area contributed by atoms with E-state index in [1.54, 1.807) is 52.9 Å². The highest BCUT2D eigenvalue weighted by Gasteiger charge is 2.31. The Bertz CT molecular complexity index is 1640. The van der Waals surface area contributed by atoms with Gasteiger partial charge in [-0.3, -0.25) is 0 Å². The first-order chi connectivity index (χ1) is 21.2. The second-order valence-electron chi connectivity index (χ2n) is 12.4. The summed E-state index contributed by atoms with van der Waals surface area (Å²) in [6, 6.07) is 10.2. The minimum Gasteiger partial charge on any atom is -0.466 e. The lowest BCUT2D eigenvalue weighted by Gasteiger charge is -2.32. The number of nitrogens with one attached hydrogen (secondary N) is 1. The van der Waals surface area contributed by atoms with Gasteiger partial charge in [-0.25, -0.2) is 22.0 Å². The molecule has 0 unspecified atom stereocenters. The molecule has 45 heavy (non-hydrogen) atoms. The molecule has 11 heteroatoms. The van der Waals surface area contributed by atoms with E-state index in [1.807, 2.05) is 31.2 Å². The molecule has 0 bridgehead atoms. The molecule has 0 saturated carbocycles. The fraction of sp³-hybridized carbons (Fsp3) is 0.471. The number of esters is 1. The van der Waals surface area contributed by atoms with Crippen molar-refractivity contribution in [2.75, 3.05) is 13.7 Å². The summed E-state index contributed by atoms with van der Waals surface area (Å²) in [5.41, 5.74) is 2.68. The lowest BCUT2D eigenvalue weighted by Crippen LogP contribution is -2.48. The van der Waals surface area contributed by atoms with Gasteiger partial charge in [0.2, 0.25) is 0 Å². The second kappa shape index (κ2) is 14.2. The Morgan fingerprint density at radius 1 is 1.11 bits per heavy atom. The molecule has 0 spiro atoms. The average Bonchev–Trinajstić information content (AvgIpc) is 3.33. The molecule has 1 N–H and O–H groups in total. The molecule has 2 aromatic carbocycles. The summed E-state index contributed by atoms with van der Waals surface area (Å²) in [5, 5.41) is 3.62. The van der Waals surface area contributed by atoms with Crippen molar-refractivity contribution < 1.29 is 37.0 Å². The van der Waals surface area contributed by atoms with Crippen LogP contribution < -0.4 is 5.32 Å². The molecular weight excluding hydrogens is 596 g/mol. The first-order valence-corrected chi connectivity index (χ1v) is 16.6. The summed E-state index contributed by atoms with van der Waals surface area (Å²) in [6.45, 7) is 11.3. The number of para-hydroxylation sites is 1. The molecule has 1 saturated heterocycles. The molecule has 10 nitrogen and oxygen atoms in total. The standard InChI is InChI=1S/C34H44N2O8S/c1-22-18-23(2)32(24(3)19-22)45(39,40)36-21-25(26-12-8-9-13-28(26)36)20-27(35-33(38)44-34(4,5)6)29(15-16-30(37)41-7)43-31-14-10-11-17-42-31/h8-9,12-13,15-16,18-19,21,27,29,31H,10-11,14,17,20H2,1-7H3,(H,35,38)/b16-15+/t27-,29-,31+/m0/s1. The number of nitrogens with zero attached hydrogens (tertiary/aromatic N) is 1. The molecule has 3 atom stereocenters. The van der Waals surface area contributed by atoms with Crippen LogP contribution in [0.3, 0.4) is 0 Å². The van der Waals surface area contributed by atoms with E-state index >= 15 is 0 Å². The van der Waals surface area contributed by atoms with Crippen LogP contribution >= 0.6 is 0 Å². The number of fused-ring (bicyclic) bond motifs is 1. The summed E-state index contributed by atoms with van der Waals surface area (Å²) in [7, 11) is -2.72. The number of methoxy groups -OCH3 is 1. The van der Waals surface area contributed by atoms with Gasteiger partial charge in [-0.15, -0.1) is 0 Å². The third-order valence-corrected chi connectivity index (χ3v) is 9.47. The number of rotatable bonds is 10. The number of aromatic nitrogens is 1. The molecule has 1 amide bonds. The van der Waals surface area contributed by atoms with Crippen molar-refractivity contribution >= 4 is 33.0 Å². The number of aryl methyl sites for hydroxylation is 3. The van der Waals surface area contributed by atoms with Gasteiger partial charge in [0, 0.05) is 24.3 Å². The molecule has 0 radical (unpaired) electrons. The van der Waals surface area contributed by atoms with E-state index in [-0.39, 0.29) is 11.3 Å². The van der Waals surface area contributed by atoms with Crippen molar-refractivity contribution in [1.29, 1.82) is 0 Å². The predicted octanol–water partition coefficient (Wildman–Crippen LogP) is 5.88. The fourth-order valence-corrected chi connectivity index (χ4v) is 7.52. The van der Waals surface area contributed by atoms with E-state index in [1.165, 1.54) is 23.2 Å². The smallest absolute Gasteiger partial charge is 0.407 e. The van der Waals surface area contributed by atoms with Crippen LogP contribution in [0.1, 0.15) is 62.3 Å². The van der Waals surface area contributed by atoms with E-state index in [9.17, 15) is 18.0 Å². The van der Waals surface area contributed by atoms with E-state index in [0.717, 1.165) is 18.4 Å². The summed E-state index contributed by atoms with van der Waals surface area (Å²) < 4.78 is 52.3. The van der Waals surface area contributed by atoms with Crippen molar-refractivity contribution in [2.45, 2.75) is 96.2 Å². The molecule has 1 aliphatic heterocycles. The molecule has 4 rings (SSSR count). The van der Waals surface area contributed by atoms with Crippen molar-refractivity contribution in [3.8, 4) is 0 Å². The van der Waals surface area contributed by atoms with Crippen molar-refractivity contribution in [3.63, 3.8) is 0 Å². The van der Waals surface area contributed by atoms with Crippen LogP contribution in [0.2, 0.25) is 0 Å². The Morgan fingerprint density at radius 3 is 2.42 bits per heavy atom. The Balaban J connectivity index is 1.81. The Labute approximate surface area is 265 Å². The highest BCUT2D eigenvalue weighted by Crippen LogP contribution is 2.31. The molecule has 244 valence electrons. The van der Waals surface area contributed by atoms with Gasteiger partial charge in [-0.1, -0.05) is 35.9 Å². The largest absolute Gasteiger partial charge is 0.466 e. The highest BCUT2D eigenvalue weighted by atomic mass is 32.2. The van der Waals surface area contributed by atoms with Crippen LogP contribution in [-0.2, 0) is 40.2 Å². The minimum absolute atomic E-state index is 0.150. The summed E-state index contributed by atoms with van der Waals surface area (Å²) >= 11 is 0. The highest BCUT2D eigenvalue weighted by molar-refractivity contribution is 7.90. The number of amides is 1. The zero-order chi connectivity index (χ0) is 32.9. The van der Waals surface area contributed by atoms with E-state index in [4.69, 9.17) is 18.9 Å². The molecule has 2 heterocycles. The maximum atomic E-state index is 14.2. The first-order valence-electron chi connectivity index (χ1n) is 15.1. The van der Waals surface area contributed by atoms with Gasteiger partial charge >= 0.3 is 12.1 Å². The number of carbonyl (C=O) groups is 2. The topological polar surface area (TPSA) is 122 Å². The lowest BCUT2D eigenvalue weighted by molar-refractivity contribution is -0.183. The molecule has 0 aliphatic carbocycles. The molecule has 1 fully saturated rings. The lowest BCUT2D eigenvalue weighted by atomic mass is 10.00. The van der Waals surface area contributed by atoms with Gasteiger partial charge < -0.3 is 24.3 Å². The summed E-state index contributed by atoms with van der Waals surface area (Å²) in [5.74, 6) is -0.587. The van der Waals surface area contributed by atoms with E-state index in [2.05, 4.69) is 5.32 Å². The number of ether oxygens (including phenoxy) is 4. The van der Waals surface area contributed by atoms with Crippen molar-refractivity contribution in [2.24, 2.45) is 0 Å². The number of alkyl carbamates (subject to hydrolysis) is 1. The molecule has 1 aromatic heterocycles. The van der Waals surface area contributed by atoms with Crippen LogP contribution in [0.5, 0.6) is 0 Å². The Morgan fingerprint density at radius 2 is 1.80 bits per heavy atom. The Kier molecular flexibility index (Phi) is 10.8. The fourth-order valence-electron chi connectivity index (χ4n) is 5.71. The predicted molar refractivity (Wildman–Crippen MR) is 172 cm³/mol. The second-order valence-corrected chi connectivity index (χ2v) is 14.2. The number of benzene rings is 2. The number of hydrogen-bond donors (Lipinski definition) is 1. The monoisotopic (exact) mass is 640 g/mol. The molecule has 1 aliphatic rings.